The summed E-state index contributed by atoms with van der Waals surface area (Å²) >= 11 is 5.99. The third-order valence-corrected chi connectivity index (χ3v) is 3.23. The number of carbonyl (C=O) groups is 1. The molecule has 0 saturated carbocycles. The minimum atomic E-state index is -0.346. The van der Waals surface area contributed by atoms with Crippen LogP contribution in [0.5, 0.6) is 0 Å². The molecule has 6 heteroatoms. The van der Waals surface area contributed by atoms with Gasteiger partial charge in [0.1, 0.15) is 22.8 Å². The Hall–Kier alpha value is -1.36. The van der Waals surface area contributed by atoms with E-state index in [0.29, 0.717) is 29.9 Å². The molecule has 1 amide bonds. The van der Waals surface area contributed by atoms with Gasteiger partial charge in [0, 0.05) is 25.1 Å². The maximum absolute atomic E-state index is 12.2. The summed E-state index contributed by atoms with van der Waals surface area (Å²) < 4.78 is 0. The zero-order valence-electron chi connectivity index (χ0n) is 12.8. The van der Waals surface area contributed by atoms with Crippen molar-refractivity contribution >= 4 is 23.3 Å². The van der Waals surface area contributed by atoms with Crippen molar-refractivity contribution in [3.8, 4) is 0 Å². The van der Waals surface area contributed by atoms with E-state index >= 15 is 0 Å². The Morgan fingerprint density at radius 3 is 2.40 bits per heavy atom. The summed E-state index contributed by atoms with van der Waals surface area (Å²) in [4.78, 5) is 22.5. The zero-order valence-corrected chi connectivity index (χ0v) is 13.5. The van der Waals surface area contributed by atoms with E-state index in [1.165, 1.54) is 0 Å². The first-order valence-electron chi connectivity index (χ1n) is 6.98. The number of nitrogens with one attached hydrogen (secondary N) is 1. The van der Waals surface area contributed by atoms with Gasteiger partial charge < -0.3 is 10.2 Å². The molecule has 0 aliphatic rings. The monoisotopic (exact) mass is 298 g/mol. The Morgan fingerprint density at radius 2 is 1.90 bits per heavy atom. The molecule has 1 N–H and O–H groups in total. The summed E-state index contributed by atoms with van der Waals surface area (Å²) in [5.74, 6) is 1.49. The molecule has 20 heavy (non-hydrogen) atoms. The van der Waals surface area contributed by atoms with E-state index in [9.17, 15) is 4.79 Å². The van der Waals surface area contributed by atoms with Crippen LogP contribution in [0.2, 0.25) is 5.15 Å². The van der Waals surface area contributed by atoms with Crippen LogP contribution in [0.25, 0.3) is 0 Å². The first kappa shape index (κ1) is 16.7. The number of halogens is 1. The molecule has 0 aliphatic carbocycles. The number of aromatic nitrogens is 2. The molecule has 0 aliphatic heterocycles. The number of likely N-dealkylation sites (N-methyl/N-ethyl adjacent to an activating group) is 1. The maximum atomic E-state index is 12.2. The van der Waals surface area contributed by atoms with Crippen LogP contribution >= 0.6 is 11.6 Å². The Morgan fingerprint density at radius 1 is 1.30 bits per heavy atom. The van der Waals surface area contributed by atoms with Gasteiger partial charge in [-0.25, -0.2) is 9.97 Å². The van der Waals surface area contributed by atoms with Gasteiger partial charge in [0.2, 0.25) is 5.91 Å². The van der Waals surface area contributed by atoms with E-state index in [1.807, 2.05) is 34.6 Å². The van der Waals surface area contributed by atoms with Gasteiger partial charge >= 0.3 is 0 Å². The maximum Gasteiger partial charge on any atom is 0.244 e. The molecule has 0 radical (unpaired) electrons. The predicted octanol–water partition coefficient (Wildman–Crippen LogP) is 2.92. The highest BCUT2D eigenvalue weighted by molar-refractivity contribution is 6.29. The van der Waals surface area contributed by atoms with Gasteiger partial charge in [0.25, 0.3) is 0 Å². The third kappa shape index (κ3) is 4.34. The number of amides is 1. The summed E-state index contributed by atoms with van der Waals surface area (Å²) in [6.07, 6.45) is 0. The lowest BCUT2D eigenvalue weighted by molar-refractivity contribution is -0.131. The van der Waals surface area contributed by atoms with E-state index in [0.717, 1.165) is 0 Å². The van der Waals surface area contributed by atoms with Crippen molar-refractivity contribution in [3.05, 3.63) is 17.0 Å². The van der Waals surface area contributed by atoms with E-state index in [1.54, 1.807) is 11.0 Å². The Bertz CT molecular complexity index is 460. The number of nitrogens with zero attached hydrogens (tertiary/aromatic N) is 3. The van der Waals surface area contributed by atoms with Crippen LogP contribution in [0.1, 0.15) is 46.4 Å². The quantitative estimate of drug-likeness (QED) is 0.820. The fourth-order valence-corrected chi connectivity index (χ4v) is 2.05. The molecule has 0 saturated heterocycles. The summed E-state index contributed by atoms with van der Waals surface area (Å²) in [6.45, 7) is 11.1. The minimum absolute atomic E-state index is 0.0517. The van der Waals surface area contributed by atoms with E-state index < -0.39 is 0 Å². The second-order valence-electron chi connectivity index (χ2n) is 4.97. The van der Waals surface area contributed by atoms with Gasteiger partial charge in [-0.3, -0.25) is 4.79 Å². The van der Waals surface area contributed by atoms with Crippen LogP contribution in [-0.2, 0) is 4.79 Å². The number of hydrogen-bond acceptors (Lipinski definition) is 4. The SMILES string of the molecule is CCN(CC)C(=O)C(C)Nc1cc(Cl)nc(C(C)C)n1. The first-order chi connectivity index (χ1) is 9.38. The first-order valence-corrected chi connectivity index (χ1v) is 7.36. The summed E-state index contributed by atoms with van der Waals surface area (Å²) in [7, 11) is 0. The van der Waals surface area contributed by atoms with Crippen molar-refractivity contribution in [3.63, 3.8) is 0 Å². The highest BCUT2D eigenvalue weighted by atomic mass is 35.5. The minimum Gasteiger partial charge on any atom is -0.358 e. The van der Waals surface area contributed by atoms with E-state index in [2.05, 4.69) is 15.3 Å². The van der Waals surface area contributed by atoms with Crippen molar-refractivity contribution in [1.82, 2.24) is 14.9 Å². The number of anilines is 1. The fraction of sp³-hybridized carbons (Fsp3) is 0.643. The van der Waals surface area contributed by atoms with Gasteiger partial charge in [0.15, 0.2) is 0 Å². The van der Waals surface area contributed by atoms with Crippen LogP contribution in [0.4, 0.5) is 5.82 Å². The molecular formula is C14H23ClN4O. The van der Waals surface area contributed by atoms with Crippen molar-refractivity contribution in [2.24, 2.45) is 0 Å². The molecule has 0 spiro atoms. The molecule has 0 aromatic carbocycles. The lowest BCUT2D eigenvalue weighted by atomic mass is 10.2. The summed E-state index contributed by atoms with van der Waals surface area (Å²) in [5, 5.41) is 3.48. The van der Waals surface area contributed by atoms with Crippen LogP contribution in [0.3, 0.4) is 0 Å². The Kier molecular flexibility index (Phi) is 6.20. The molecule has 1 aromatic rings. The second kappa shape index (κ2) is 7.43. The summed E-state index contributed by atoms with van der Waals surface area (Å²) in [5.41, 5.74) is 0. The van der Waals surface area contributed by atoms with Crippen LogP contribution < -0.4 is 5.32 Å². The van der Waals surface area contributed by atoms with Crippen LogP contribution in [0, 0.1) is 0 Å². The van der Waals surface area contributed by atoms with Crippen LogP contribution in [0.15, 0.2) is 6.07 Å². The second-order valence-corrected chi connectivity index (χ2v) is 5.35. The van der Waals surface area contributed by atoms with E-state index in [4.69, 9.17) is 11.6 Å². The number of carbonyl (C=O) groups excluding carboxylic acids is 1. The van der Waals surface area contributed by atoms with Gasteiger partial charge in [-0.1, -0.05) is 25.4 Å². The number of hydrogen-bond donors (Lipinski definition) is 1. The zero-order chi connectivity index (χ0) is 15.3. The number of rotatable bonds is 6. The van der Waals surface area contributed by atoms with E-state index in [-0.39, 0.29) is 17.9 Å². The van der Waals surface area contributed by atoms with Gasteiger partial charge in [-0.05, 0) is 20.8 Å². The van der Waals surface area contributed by atoms with Gasteiger partial charge in [-0.15, -0.1) is 0 Å². The topological polar surface area (TPSA) is 58.1 Å². The Labute approximate surface area is 125 Å². The third-order valence-electron chi connectivity index (χ3n) is 3.04. The van der Waals surface area contributed by atoms with Crippen LogP contribution in [-0.4, -0.2) is 39.9 Å². The molecule has 1 heterocycles. The molecular weight excluding hydrogens is 276 g/mol. The average Bonchev–Trinajstić information content (AvgIpc) is 2.39. The lowest BCUT2D eigenvalue weighted by Crippen LogP contribution is -2.41. The van der Waals surface area contributed by atoms with Gasteiger partial charge in [0.05, 0.1) is 0 Å². The molecule has 0 bridgehead atoms. The van der Waals surface area contributed by atoms with Crippen molar-refractivity contribution in [2.45, 2.75) is 46.6 Å². The molecule has 112 valence electrons. The fourth-order valence-electron chi connectivity index (χ4n) is 1.86. The molecule has 1 rings (SSSR count). The van der Waals surface area contributed by atoms with Crippen molar-refractivity contribution in [1.29, 1.82) is 0 Å². The van der Waals surface area contributed by atoms with Gasteiger partial charge in [-0.2, -0.15) is 0 Å². The Balaban J connectivity index is 2.85. The molecule has 0 fully saturated rings. The smallest absolute Gasteiger partial charge is 0.244 e. The average molecular weight is 299 g/mol. The largest absolute Gasteiger partial charge is 0.358 e. The van der Waals surface area contributed by atoms with Crippen molar-refractivity contribution in [2.75, 3.05) is 18.4 Å². The highest BCUT2D eigenvalue weighted by Gasteiger charge is 2.19. The van der Waals surface area contributed by atoms with Crippen molar-refractivity contribution < 1.29 is 4.79 Å². The molecule has 1 aromatic heterocycles. The molecule has 1 unspecified atom stereocenters. The normalized spacial score (nSPS) is 12.3. The molecule has 5 nitrogen and oxygen atoms in total. The summed E-state index contributed by atoms with van der Waals surface area (Å²) in [6, 6.07) is 1.29. The highest BCUT2D eigenvalue weighted by Crippen LogP contribution is 2.17. The standard InChI is InChI=1S/C14H23ClN4O/c1-6-19(7-2)14(20)10(5)16-12-8-11(15)17-13(18-12)9(3)4/h8-10H,6-7H2,1-5H3,(H,16,17,18). The molecule has 1 atom stereocenters. The lowest BCUT2D eigenvalue weighted by Gasteiger charge is -2.24. The predicted molar refractivity (Wildman–Crippen MR) is 82.1 cm³/mol.